The van der Waals surface area contributed by atoms with E-state index in [1.165, 1.54) is 25.7 Å². The fourth-order valence-electron chi connectivity index (χ4n) is 7.29. The molecule has 8 atom stereocenters. The number of hydrogen-bond donors (Lipinski definition) is 0. The van der Waals surface area contributed by atoms with Crippen LogP contribution in [0.15, 0.2) is 0 Å². The molecule has 4 fully saturated rings. The van der Waals surface area contributed by atoms with E-state index in [9.17, 15) is 0 Å². The van der Waals surface area contributed by atoms with Gasteiger partial charge in [0.2, 0.25) is 0 Å². The SMILES string of the molecule is CC1C2CCCCC2C(C)C2CC3CCCCC3CC12. The Balaban J connectivity index is 1.57. The Hall–Kier alpha value is 0. The predicted octanol–water partition coefficient (Wildman–Crippen LogP) is 5.91. The van der Waals surface area contributed by atoms with Gasteiger partial charge < -0.3 is 0 Å². The van der Waals surface area contributed by atoms with Gasteiger partial charge in [-0.1, -0.05) is 52.4 Å². The van der Waals surface area contributed by atoms with Crippen LogP contribution in [0.1, 0.15) is 78.1 Å². The Kier molecular flexibility index (Phi) is 3.63. The van der Waals surface area contributed by atoms with Gasteiger partial charge in [-0.05, 0) is 73.0 Å². The molecule has 8 unspecified atom stereocenters. The first kappa shape index (κ1) is 13.6. The van der Waals surface area contributed by atoms with Crippen LogP contribution in [0.2, 0.25) is 0 Å². The second kappa shape index (κ2) is 5.33. The van der Waals surface area contributed by atoms with E-state index in [0.29, 0.717) is 0 Å². The van der Waals surface area contributed by atoms with Gasteiger partial charge >= 0.3 is 0 Å². The first-order valence-corrected chi connectivity index (χ1v) is 9.75. The van der Waals surface area contributed by atoms with Crippen LogP contribution in [0.3, 0.4) is 0 Å². The van der Waals surface area contributed by atoms with Gasteiger partial charge in [0.05, 0.1) is 0 Å². The maximum Gasteiger partial charge on any atom is -0.0352 e. The highest BCUT2D eigenvalue weighted by molar-refractivity contribution is 5.00. The standard InChI is InChI=1S/C20H34/c1-13-17-9-5-6-10-18(17)14(2)20-12-16-8-4-3-7-15(16)11-19(13)20/h13-20H,3-12H2,1-2H3. The lowest BCUT2D eigenvalue weighted by Crippen LogP contribution is -2.50. The third kappa shape index (κ3) is 2.08. The van der Waals surface area contributed by atoms with Gasteiger partial charge in [0, 0.05) is 0 Å². The molecule has 0 nitrogen and oxygen atoms in total. The van der Waals surface area contributed by atoms with E-state index in [-0.39, 0.29) is 0 Å². The predicted molar refractivity (Wildman–Crippen MR) is 85.4 cm³/mol. The third-order valence-corrected chi connectivity index (χ3v) is 8.34. The smallest absolute Gasteiger partial charge is 0.0352 e. The van der Waals surface area contributed by atoms with E-state index in [2.05, 4.69) is 13.8 Å². The van der Waals surface area contributed by atoms with Crippen LogP contribution in [0.5, 0.6) is 0 Å². The molecule has 0 N–H and O–H groups in total. The van der Waals surface area contributed by atoms with E-state index < -0.39 is 0 Å². The monoisotopic (exact) mass is 274 g/mol. The van der Waals surface area contributed by atoms with Gasteiger partial charge in [0.1, 0.15) is 0 Å². The highest BCUT2D eigenvalue weighted by Crippen LogP contribution is 2.59. The van der Waals surface area contributed by atoms with Gasteiger partial charge in [-0.25, -0.2) is 0 Å². The highest BCUT2D eigenvalue weighted by atomic mass is 14.6. The molecular formula is C20H34. The molecule has 0 bridgehead atoms. The fourth-order valence-corrected chi connectivity index (χ4v) is 7.29. The zero-order valence-corrected chi connectivity index (χ0v) is 13.7. The molecule has 0 aliphatic heterocycles. The molecule has 4 aliphatic carbocycles. The van der Waals surface area contributed by atoms with Crippen LogP contribution >= 0.6 is 0 Å². The van der Waals surface area contributed by atoms with Crippen molar-refractivity contribution >= 4 is 0 Å². The second-order valence-electron chi connectivity index (χ2n) is 8.93. The molecule has 0 aromatic rings. The van der Waals surface area contributed by atoms with Crippen molar-refractivity contribution in [2.24, 2.45) is 47.3 Å². The summed E-state index contributed by atoms with van der Waals surface area (Å²) in [5.74, 6) is 8.74. The Morgan fingerprint density at radius 2 is 0.900 bits per heavy atom. The zero-order valence-electron chi connectivity index (χ0n) is 13.7. The lowest BCUT2D eigenvalue weighted by Gasteiger charge is -2.57. The molecule has 0 heteroatoms. The molecule has 4 saturated carbocycles. The van der Waals surface area contributed by atoms with Crippen LogP contribution in [0.25, 0.3) is 0 Å². The Morgan fingerprint density at radius 1 is 0.500 bits per heavy atom. The summed E-state index contributed by atoms with van der Waals surface area (Å²) in [6, 6.07) is 0. The minimum Gasteiger partial charge on any atom is -0.0620 e. The maximum absolute atomic E-state index is 2.65. The van der Waals surface area contributed by atoms with Crippen molar-refractivity contribution in [2.45, 2.75) is 78.1 Å². The van der Waals surface area contributed by atoms with Gasteiger partial charge in [-0.2, -0.15) is 0 Å². The molecule has 0 saturated heterocycles. The lowest BCUT2D eigenvalue weighted by molar-refractivity contribution is -0.0801. The van der Waals surface area contributed by atoms with E-state index >= 15 is 0 Å². The van der Waals surface area contributed by atoms with Gasteiger partial charge in [0.15, 0.2) is 0 Å². The van der Waals surface area contributed by atoms with Crippen LogP contribution in [0.4, 0.5) is 0 Å². The van der Waals surface area contributed by atoms with E-state index in [0.717, 1.165) is 47.3 Å². The molecule has 0 radical (unpaired) electrons. The maximum atomic E-state index is 2.65. The van der Waals surface area contributed by atoms with Crippen molar-refractivity contribution in [2.75, 3.05) is 0 Å². The summed E-state index contributed by atoms with van der Waals surface area (Å²) in [4.78, 5) is 0. The molecule has 4 rings (SSSR count). The fraction of sp³-hybridized carbons (Fsp3) is 1.00. The number of fused-ring (bicyclic) bond motifs is 3. The van der Waals surface area contributed by atoms with Crippen molar-refractivity contribution in [1.29, 1.82) is 0 Å². The van der Waals surface area contributed by atoms with Crippen molar-refractivity contribution in [3.05, 3.63) is 0 Å². The second-order valence-corrected chi connectivity index (χ2v) is 8.93. The molecule has 20 heavy (non-hydrogen) atoms. The third-order valence-electron chi connectivity index (χ3n) is 8.34. The summed E-state index contributed by atoms with van der Waals surface area (Å²) in [5.41, 5.74) is 0. The first-order chi connectivity index (χ1) is 9.75. The van der Waals surface area contributed by atoms with Crippen LogP contribution < -0.4 is 0 Å². The molecule has 4 aliphatic rings. The molecular weight excluding hydrogens is 240 g/mol. The highest BCUT2D eigenvalue weighted by Gasteiger charge is 2.51. The Labute approximate surface area is 126 Å². The van der Waals surface area contributed by atoms with Crippen molar-refractivity contribution < 1.29 is 0 Å². The summed E-state index contributed by atoms with van der Waals surface area (Å²) in [6.45, 7) is 5.30. The summed E-state index contributed by atoms with van der Waals surface area (Å²) in [6.07, 6.45) is 15.6. The normalized spacial score (nSPS) is 55.5. The molecule has 114 valence electrons. The Bertz CT molecular complexity index is 312. The lowest BCUT2D eigenvalue weighted by atomic mass is 9.48. The van der Waals surface area contributed by atoms with E-state index in [4.69, 9.17) is 0 Å². The Morgan fingerprint density at radius 3 is 1.35 bits per heavy atom. The van der Waals surface area contributed by atoms with E-state index in [1.54, 1.807) is 38.5 Å². The first-order valence-electron chi connectivity index (χ1n) is 9.75. The summed E-state index contributed by atoms with van der Waals surface area (Å²) in [7, 11) is 0. The molecule has 0 amide bonds. The van der Waals surface area contributed by atoms with Crippen molar-refractivity contribution in [1.82, 2.24) is 0 Å². The molecule has 0 aromatic carbocycles. The van der Waals surface area contributed by atoms with Gasteiger partial charge in [-0.3, -0.25) is 0 Å². The van der Waals surface area contributed by atoms with E-state index in [1.807, 2.05) is 0 Å². The average Bonchev–Trinajstić information content (AvgIpc) is 2.51. The summed E-state index contributed by atoms with van der Waals surface area (Å²) in [5, 5.41) is 0. The topological polar surface area (TPSA) is 0 Å². The average molecular weight is 274 g/mol. The van der Waals surface area contributed by atoms with Gasteiger partial charge in [-0.15, -0.1) is 0 Å². The molecule has 0 heterocycles. The molecule has 0 aromatic heterocycles. The van der Waals surface area contributed by atoms with Crippen molar-refractivity contribution in [3.8, 4) is 0 Å². The zero-order chi connectivity index (χ0) is 13.7. The van der Waals surface area contributed by atoms with Crippen molar-refractivity contribution in [3.63, 3.8) is 0 Å². The van der Waals surface area contributed by atoms with Crippen LogP contribution in [0, 0.1) is 47.3 Å². The summed E-state index contributed by atoms with van der Waals surface area (Å²) >= 11 is 0. The molecule has 0 spiro atoms. The summed E-state index contributed by atoms with van der Waals surface area (Å²) < 4.78 is 0. The largest absolute Gasteiger partial charge is 0.0620 e. The van der Waals surface area contributed by atoms with Gasteiger partial charge in [0.25, 0.3) is 0 Å². The van der Waals surface area contributed by atoms with Crippen LogP contribution in [-0.4, -0.2) is 0 Å². The number of hydrogen-bond acceptors (Lipinski definition) is 0. The quantitative estimate of drug-likeness (QED) is 0.515. The minimum atomic E-state index is 1.05. The van der Waals surface area contributed by atoms with Crippen LogP contribution in [-0.2, 0) is 0 Å². The number of rotatable bonds is 0. The minimum absolute atomic E-state index is 1.05.